The third-order valence-electron chi connectivity index (χ3n) is 3.77. The minimum absolute atomic E-state index is 0.0619. The molecule has 5 heteroatoms. The standard InChI is InChI=1S/C13H25N3O2/c1-10(2)16-5-7-18-12(8-16)13(15-14)11-4-3-6-17-9-11/h9-10,12-13,15H,3-8,14H2,1-2H3. The van der Waals surface area contributed by atoms with Crippen LogP contribution in [-0.4, -0.2) is 49.4 Å². The third-order valence-corrected chi connectivity index (χ3v) is 3.77. The second-order valence-electron chi connectivity index (χ2n) is 5.31. The van der Waals surface area contributed by atoms with Gasteiger partial charge in [-0.25, -0.2) is 0 Å². The average molecular weight is 255 g/mol. The maximum absolute atomic E-state index is 5.88. The van der Waals surface area contributed by atoms with E-state index in [1.54, 1.807) is 0 Å². The lowest BCUT2D eigenvalue weighted by molar-refractivity contribution is -0.0510. The maximum atomic E-state index is 5.88. The zero-order chi connectivity index (χ0) is 13.0. The number of nitrogens with zero attached hydrogens (tertiary/aromatic N) is 1. The smallest absolute Gasteiger partial charge is 0.0908 e. The van der Waals surface area contributed by atoms with Crippen molar-refractivity contribution in [2.75, 3.05) is 26.3 Å². The number of rotatable bonds is 4. The molecule has 0 bridgehead atoms. The van der Waals surface area contributed by atoms with E-state index < -0.39 is 0 Å². The number of nitrogens with one attached hydrogen (secondary N) is 1. The van der Waals surface area contributed by atoms with Crippen molar-refractivity contribution in [3.05, 3.63) is 11.8 Å². The SMILES string of the molecule is CC(C)N1CCOC(C(NN)C2=COCCC2)C1. The molecule has 2 heterocycles. The first-order valence-electron chi connectivity index (χ1n) is 6.84. The van der Waals surface area contributed by atoms with E-state index in [2.05, 4.69) is 24.2 Å². The van der Waals surface area contributed by atoms with Gasteiger partial charge < -0.3 is 9.47 Å². The average Bonchev–Trinajstić information content (AvgIpc) is 2.41. The summed E-state index contributed by atoms with van der Waals surface area (Å²) in [5.74, 6) is 5.71. The number of nitrogens with two attached hydrogens (primary N) is 1. The second-order valence-corrected chi connectivity index (χ2v) is 5.31. The van der Waals surface area contributed by atoms with E-state index in [0.717, 1.165) is 39.1 Å². The molecule has 18 heavy (non-hydrogen) atoms. The molecular formula is C13H25N3O2. The molecule has 2 aliphatic heterocycles. The van der Waals surface area contributed by atoms with E-state index in [9.17, 15) is 0 Å². The van der Waals surface area contributed by atoms with Gasteiger partial charge in [-0.15, -0.1) is 0 Å². The molecule has 0 aromatic heterocycles. The highest BCUT2D eigenvalue weighted by Gasteiger charge is 2.31. The predicted molar refractivity (Wildman–Crippen MR) is 70.8 cm³/mol. The van der Waals surface area contributed by atoms with Gasteiger partial charge in [-0.1, -0.05) is 0 Å². The fourth-order valence-corrected chi connectivity index (χ4v) is 2.63. The summed E-state index contributed by atoms with van der Waals surface area (Å²) in [5.41, 5.74) is 4.12. The summed E-state index contributed by atoms with van der Waals surface area (Å²) >= 11 is 0. The van der Waals surface area contributed by atoms with Gasteiger partial charge in [0, 0.05) is 19.1 Å². The summed E-state index contributed by atoms with van der Waals surface area (Å²) in [4.78, 5) is 2.43. The molecule has 0 aromatic rings. The minimum Gasteiger partial charge on any atom is -0.501 e. The lowest BCUT2D eigenvalue weighted by Gasteiger charge is -2.39. The molecule has 2 unspecified atom stereocenters. The molecule has 2 aliphatic rings. The first-order chi connectivity index (χ1) is 8.72. The number of hydrogen-bond acceptors (Lipinski definition) is 5. The van der Waals surface area contributed by atoms with Crippen molar-refractivity contribution >= 4 is 0 Å². The van der Waals surface area contributed by atoms with Crippen molar-refractivity contribution in [1.82, 2.24) is 10.3 Å². The first kappa shape index (κ1) is 13.8. The molecule has 3 N–H and O–H groups in total. The Kier molecular flexibility index (Phi) is 5.00. The van der Waals surface area contributed by atoms with Crippen molar-refractivity contribution in [2.24, 2.45) is 5.84 Å². The quantitative estimate of drug-likeness (QED) is 0.570. The molecule has 0 amide bonds. The van der Waals surface area contributed by atoms with E-state index in [1.165, 1.54) is 5.57 Å². The Labute approximate surface area is 109 Å². The second kappa shape index (κ2) is 6.52. The fraction of sp³-hybridized carbons (Fsp3) is 0.846. The molecule has 5 nitrogen and oxygen atoms in total. The molecule has 104 valence electrons. The molecule has 0 radical (unpaired) electrons. The summed E-state index contributed by atoms with van der Waals surface area (Å²) in [6, 6.07) is 0.609. The van der Waals surface area contributed by atoms with Crippen molar-refractivity contribution in [3.8, 4) is 0 Å². The van der Waals surface area contributed by atoms with Crippen LogP contribution in [-0.2, 0) is 9.47 Å². The first-order valence-corrected chi connectivity index (χ1v) is 6.84. The van der Waals surface area contributed by atoms with Crippen LogP contribution in [0.25, 0.3) is 0 Å². The van der Waals surface area contributed by atoms with Gasteiger partial charge in [0.1, 0.15) is 0 Å². The van der Waals surface area contributed by atoms with E-state index in [1.807, 2.05) is 6.26 Å². The maximum Gasteiger partial charge on any atom is 0.0908 e. The Bertz CT molecular complexity index is 294. The zero-order valence-electron chi connectivity index (χ0n) is 11.4. The highest BCUT2D eigenvalue weighted by molar-refractivity contribution is 5.13. The van der Waals surface area contributed by atoms with Crippen molar-refractivity contribution in [2.45, 2.75) is 44.9 Å². The summed E-state index contributed by atoms with van der Waals surface area (Å²) in [6.07, 6.45) is 4.06. The van der Waals surface area contributed by atoms with E-state index in [4.69, 9.17) is 15.3 Å². The van der Waals surface area contributed by atoms with Crippen LogP contribution in [0.1, 0.15) is 26.7 Å². The number of ether oxygens (including phenoxy) is 2. The fourth-order valence-electron chi connectivity index (χ4n) is 2.63. The lowest BCUT2D eigenvalue weighted by Crippen LogP contribution is -2.56. The number of morpholine rings is 1. The van der Waals surface area contributed by atoms with Crippen LogP contribution in [0.3, 0.4) is 0 Å². The van der Waals surface area contributed by atoms with Gasteiger partial charge in [-0.05, 0) is 32.3 Å². The van der Waals surface area contributed by atoms with Gasteiger partial charge >= 0.3 is 0 Å². The molecule has 2 rings (SSSR count). The molecule has 0 spiro atoms. The topological polar surface area (TPSA) is 59.8 Å². The zero-order valence-corrected chi connectivity index (χ0v) is 11.4. The highest BCUT2D eigenvalue weighted by Crippen LogP contribution is 2.21. The van der Waals surface area contributed by atoms with Crippen molar-refractivity contribution in [1.29, 1.82) is 0 Å². The van der Waals surface area contributed by atoms with Crippen LogP contribution >= 0.6 is 0 Å². The van der Waals surface area contributed by atoms with Gasteiger partial charge in [-0.3, -0.25) is 16.2 Å². The van der Waals surface area contributed by atoms with Crippen LogP contribution in [0.2, 0.25) is 0 Å². The Morgan fingerprint density at radius 1 is 1.44 bits per heavy atom. The van der Waals surface area contributed by atoms with Gasteiger partial charge in [0.25, 0.3) is 0 Å². The van der Waals surface area contributed by atoms with Gasteiger partial charge in [-0.2, -0.15) is 0 Å². The third kappa shape index (κ3) is 3.23. The Hall–Kier alpha value is -0.620. The van der Waals surface area contributed by atoms with Crippen LogP contribution in [0.4, 0.5) is 0 Å². The van der Waals surface area contributed by atoms with Crippen molar-refractivity contribution in [3.63, 3.8) is 0 Å². The van der Waals surface area contributed by atoms with Crippen LogP contribution in [0.15, 0.2) is 11.8 Å². The van der Waals surface area contributed by atoms with Crippen LogP contribution in [0, 0.1) is 0 Å². The Balaban J connectivity index is 2.00. The van der Waals surface area contributed by atoms with E-state index >= 15 is 0 Å². The number of hydrogen-bond donors (Lipinski definition) is 2. The summed E-state index contributed by atoms with van der Waals surface area (Å²) in [6.45, 7) is 7.94. The van der Waals surface area contributed by atoms with Crippen LogP contribution in [0.5, 0.6) is 0 Å². The molecule has 0 aromatic carbocycles. The molecule has 2 atom stereocenters. The largest absolute Gasteiger partial charge is 0.501 e. The highest BCUT2D eigenvalue weighted by atomic mass is 16.5. The van der Waals surface area contributed by atoms with Gasteiger partial charge in [0.05, 0.1) is 31.6 Å². The minimum atomic E-state index is 0.0619. The molecule has 0 aliphatic carbocycles. The lowest BCUT2D eigenvalue weighted by atomic mass is 9.96. The Morgan fingerprint density at radius 3 is 2.89 bits per heavy atom. The monoisotopic (exact) mass is 255 g/mol. The molecule has 1 saturated heterocycles. The molecule has 0 saturated carbocycles. The van der Waals surface area contributed by atoms with Crippen LogP contribution < -0.4 is 11.3 Å². The number of hydrazine groups is 1. The normalized spacial score (nSPS) is 27.8. The van der Waals surface area contributed by atoms with Crippen molar-refractivity contribution < 1.29 is 9.47 Å². The molecule has 1 fully saturated rings. The van der Waals surface area contributed by atoms with E-state index in [-0.39, 0.29) is 12.1 Å². The summed E-state index contributed by atoms with van der Waals surface area (Å²) in [5, 5.41) is 0. The van der Waals surface area contributed by atoms with E-state index in [0.29, 0.717) is 6.04 Å². The molecular weight excluding hydrogens is 230 g/mol. The summed E-state index contributed by atoms with van der Waals surface area (Å²) < 4.78 is 11.3. The van der Waals surface area contributed by atoms with Gasteiger partial charge in [0.2, 0.25) is 0 Å². The predicted octanol–water partition coefficient (Wildman–Crippen LogP) is 0.622. The van der Waals surface area contributed by atoms with Gasteiger partial charge in [0.15, 0.2) is 0 Å². The Morgan fingerprint density at radius 2 is 2.28 bits per heavy atom. The summed E-state index contributed by atoms with van der Waals surface area (Å²) in [7, 11) is 0.